The van der Waals surface area contributed by atoms with Crippen LogP contribution in [0.1, 0.15) is 0 Å². The standard InChI is InChI=1S/C10H8BrN5O3S2/c11-6-3-5(16(18)19)1-2-7(6)13-8(17)4-20-10-15-14-9(12)21-10/h1-3H,4H2,(H2,12,14)(H,13,17). The topological polar surface area (TPSA) is 124 Å². The molecule has 1 aromatic heterocycles. The summed E-state index contributed by atoms with van der Waals surface area (Å²) in [6.45, 7) is 0. The minimum atomic E-state index is -0.508. The molecule has 0 atom stereocenters. The zero-order valence-corrected chi connectivity index (χ0v) is 13.5. The predicted octanol–water partition coefficient (Wildman–Crippen LogP) is 2.52. The van der Waals surface area contributed by atoms with Gasteiger partial charge in [-0.2, -0.15) is 0 Å². The fourth-order valence-electron chi connectivity index (χ4n) is 1.31. The fraction of sp³-hybridized carbons (Fsp3) is 0.100. The monoisotopic (exact) mass is 389 g/mol. The van der Waals surface area contributed by atoms with Crippen molar-refractivity contribution in [1.29, 1.82) is 0 Å². The van der Waals surface area contributed by atoms with Gasteiger partial charge in [0.05, 0.1) is 16.4 Å². The van der Waals surface area contributed by atoms with E-state index in [2.05, 4.69) is 31.4 Å². The third-order valence-electron chi connectivity index (χ3n) is 2.19. The number of amides is 1. The van der Waals surface area contributed by atoms with Gasteiger partial charge in [0, 0.05) is 16.6 Å². The Morgan fingerprint density at radius 3 is 2.86 bits per heavy atom. The second kappa shape index (κ2) is 6.83. The highest BCUT2D eigenvalue weighted by Gasteiger charge is 2.12. The molecule has 8 nitrogen and oxygen atoms in total. The van der Waals surface area contributed by atoms with E-state index in [1.807, 2.05) is 0 Å². The molecule has 0 unspecified atom stereocenters. The van der Waals surface area contributed by atoms with Crippen LogP contribution in [0, 0.1) is 10.1 Å². The molecular formula is C10H8BrN5O3S2. The van der Waals surface area contributed by atoms with Crippen molar-refractivity contribution in [3.05, 3.63) is 32.8 Å². The molecule has 21 heavy (non-hydrogen) atoms. The molecule has 0 aliphatic rings. The van der Waals surface area contributed by atoms with E-state index in [1.165, 1.54) is 41.3 Å². The molecule has 0 fully saturated rings. The molecule has 0 saturated heterocycles. The van der Waals surface area contributed by atoms with Crippen molar-refractivity contribution in [3.8, 4) is 0 Å². The number of hydrogen-bond acceptors (Lipinski definition) is 8. The molecule has 2 aromatic rings. The maximum absolute atomic E-state index is 11.8. The SMILES string of the molecule is Nc1nnc(SCC(=O)Nc2ccc([N+](=O)[O-])cc2Br)s1. The number of halogens is 1. The van der Waals surface area contributed by atoms with Gasteiger partial charge in [-0.3, -0.25) is 14.9 Å². The summed E-state index contributed by atoms with van der Waals surface area (Å²) in [5.41, 5.74) is 5.84. The summed E-state index contributed by atoms with van der Waals surface area (Å²) in [4.78, 5) is 21.9. The lowest BCUT2D eigenvalue weighted by Crippen LogP contribution is -2.14. The normalized spacial score (nSPS) is 10.3. The molecule has 0 aliphatic heterocycles. The number of nitro benzene ring substituents is 1. The Bertz CT molecular complexity index is 693. The molecule has 3 N–H and O–H groups in total. The number of non-ortho nitro benzene ring substituents is 1. The highest BCUT2D eigenvalue weighted by molar-refractivity contribution is 9.10. The first-order valence-electron chi connectivity index (χ1n) is 5.41. The number of thioether (sulfide) groups is 1. The van der Waals surface area contributed by atoms with Crippen molar-refractivity contribution < 1.29 is 9.72 Å². The Morgan fingerprint density at radius 1 is 1.52 bits per heavy atom. The van der Waals surface area contributed by atoms with E-state index in [4.69, 9.17) is 5.73 Å². The summed E-state index contributed by atoms with van der Waals surface area (Å²) in [6, 6.07) is 4.11. The summed E-state index contributed by atoms with van der Waals surface area (Å²) in [5.74, 6) is -0.124. The first kappa shape index (κ1) is 15.7. The average Bonchev–Trinajstić information content (AvgIpc) is 2.84. The molecule has 0 radical (unpaired) electrons. The molecule has 0 saturated carbocycles. The van der Waals surface area contributed by atoms with Crippen LogP contribution in [0.4, 0.5) is 16.5 Å². The molecule has 0 spiro atoms. The average molecular weight is 390 g/mol. The van der Waals surface area contributed by atoms with Gasteiger partial charge < -0.3 is 11.1 Å². The molecule has 0 aliphatic carbocycles. The van der Waals surface area contributed by atoms with Crippen molar-refractivity contribution >= 4 is 61.4 Å². The highest BCUT2D eigenvalue weighted by atomic mass is 79.9. The smallest absolute Gasteiger partial charge is 0.270 e. The molecular weight excluding hydrogens is 382 g/mol. The Kier molecular flexibility index (Phi) is 5.09. The fourth-order valence-corrected chi connectivity index (χ4v) is 3.21. The van der Waals surface area contributed by atoms with Gasteiger partial charge in [-0.25, -0.2) is 0 Å². The van der Waals surface area contributed by atoms with Crippen LogP contribution in [0.5, 0.6) is 0 Å². The summed E-state index contributed by atoms with van der Waals surface area (Å²) < 4.78 is 1.04. The number of nitrogens with two attached hydrogens (primary N) is 1. The Hall–Kier alpha value is -1.72. The number of aromatic nitrogens is 2. The lowest BCUT2D eigenvalue weighted by Gasteiger charge is -2.06. The number of benzene rings is 1. The molecule has 2 rings (SSSR count). The van der Waals surface area contributed by atoms with Gasteiger partial charge in [0.15, 0.2) is 4.34 Å². The van der Waals surface area contributed by atoms with Gasteiger partial charge >= 0.3 is 0 Å². The predicted molar refractivity (Wildman–Crippen MR) is 84.5 cm³/mol. The van der Waals surface area contributed by atoms with E-state index in [-0.39, 0.29) is 17.3 Å². The quantitative estimate of drug-likeness (QED) is 0.457. The third-order valence-corrected chi connectivity index (χ3v) is 4.73. The minimum Gasteiger partial charge on any atom is -0.374 e. The first-order chi connectivity index (χ1) is 9.95. The van der Waals surface area contributed by atoms with Gasteiger partial charge in [-0.1, -0.05) is 23.1 Å². The molecule has 11 heteroatoms. The van der Waals surface area contributed by atoms with Crippen molar-refractivity contribution in [2.24, 2.45) is 0 Å². The van der Waals surface area contributed by atoms with Crippen LogP contribution in [0.2, 0.25) is 0 Å². The van der Waals surface area contributed by atoms with E-state index >= 15 is 0 Å². The number of nitrogens with one attached hydrogen (secondary N) is 1. The summed E-state index contributed by atoms with van der Waals surface area (Å²) in [6.07, 6.45) is 0. The Morgan fingerprint density at radius 2 is 2.29 bits per heavy atom. The second-order valence-corrected chi connectivity index (χ2v) is 6.75. The van der Waals surface area contributed by atoms with Crippen LogP contribution in [-0.2, 0) is 4.79 Å². The van der Waals surface area contributed by atoms with Gasteiger partial charge in [0.25, 0.3) is 5.69 Å². The molecule has 1 heterocycles. The zero-order valence-electron chi connectivity index (χ0n) is 10.3. The number of hydrogen-bond donors (Lipinski definition) is 2. The van der Waals surface area contributed by atoms with E-state index in [0.29, 0.717) is 19.6 Å². The van der Waals surface area contributed by atoms with Crippen LogP contribution in [0.25, 0.3) is 0 Å². The van der Waals surface area contributed by atoms with Crippen molar-refractivity contribution in [2.45, 2.75) is 4.34 Å². The Labute approximate surface area is 135 Å². The molecule has 1 amide bonds. The summed E-state index contributed by atoms with van der Waals surface area (Å²) in [7, 11) is 0. The van der Waals surface area contributed by atoms with Crippen molar-refractivity contribution in [3.63, 3.8) is 0 Å². The minimum absolute atomic E-state index is 0.0569. The number of carbonyl (C=O) groups is 1. The van der Waals surface area contributed by atoms with Gasteiger partial charge in [-0.05, 0) is 22.0 Å². The van der Waals surface area contributed by atoms with E-state index in [0.717, 1.165) is 0 Å². The van der Waals surface area contributed by atoms with E-state index in [1.54, 1.807) is 0 Å². The van der Waals surface area contributed by atoms with Gasteiger partial charge in [-0.15, -0.1) is 10.2 Å². The zero-order chi connectivity index (χ0) is 15.4. The van der Waals surface area contributed by atoms with Crippen LogP contribution in [-0.4, -0.2) is 26.8 Å². The van der Waals surface area contributed by atoms with Gasteiger partial charge in [0.1, 0.15) is 0 Å². The third kappa shape index (κ3) is 4.37. The van der Waals surface area contributed by atoms with E-state index < -0.39 is 4.92 Å². The molecule has 1 aromatic carbocycles. The van der Waals surface area contributed by atoms with Crippen molar-refractivity contribution in [2.75, 3.05) is 16.8 Å². The van der Waals surface area contributed by atoms with E-state index in [9.17, 15) is 14.9 Å². The van der Waals surface area contributed by atoms with Crippen LogP contribution in [0.3, 0.4) is 0 Å². The maximum Gasteiger partial charge on any atom is 0.270 e. The number of anilines is 2. The maximum atomic E-state index is 11.8. The molecule has 0 bridgehead atoms. The summed E-state index contributed by atoms with van der Waals surface area (Å²) in [5, 5.41) is 21.0. The lowest BCUT2D eigenvalue weighted by atomic mass is 10.3. The van der Waals surface area contributed by atoms with Crippen LogP contribution >= 0.6 is 39.0 Å². The first-order valence-corrected chi connectivity index (χ1v) is 8.01. The number of nitrogen functional groups attached to an aromatic ring is 1. The van der Waals surface area contributed by atoms with Crippen LogP contribution < -0.4 is 11.1 Å². The van der Waals surface area contributed by atoms with Crippen molar-refractivity contribution in [1.82, 2.24) is 10.2 Å². The van der Waals surface area contributed by atoms with Crippen LogP contribution in [0.15, 0.2) is 27.0 Å². The number of rotatable bonds is 5. The number of nitro groups is 1. The summed E-state index contributed by atoms with van der Waals surface area (Å²) >= 11 is 5.59. The largest absolute Gasteiger partial charge is 0.374 e. The number of carbonyl (C=O) groups excluding carboxylic acids is 1. The highest BCUT2D eigenvalue weighted by Crippen LogP contribution is 2.28. The second-order valence-electron chi connectivity index (χ2n) is 3.66. The Balaban J connectivity index is 1.94. The molecule has 110 valence electrons. The van der Waals surface area contributed by atoms with Gasteiger partial charge in [0.2, 0.25) is 11.0 Å². The number of nitrogens with zero attached hydrogens (tertiary/aromatic N) is 3. The lowest BCUT2D eigenvalue weighted by molar-refractivity contribution is -0.384.